The van der Waals surface area contributed by atoms with Crippen molar-refractivity contribution < 1.29 is 34.4 Å². The molecule has 0 unspecified atom stereocenters. The first-order valence-corrected chi connectivity index (χ1v) is 10.8. The van der Waals surface area contributed by atoms with E-state index in [-0.39, 0.29) is 11.5 Å². The third kappa shape index (κ3) is 4.46. The molecule has 2 heterocycles. The first-order valence-electron chi connectivity index (χ1n) is 10.8. The largest absolute Gasteiger partial charge is 0.508 e. The average Bonchev–Trinajstić information content (AvgIpc) is 2.71. The zero-order valence-electron chi connectivity index (χ0n) is 17.4. The van der Waals surface area contributed by atoms with Crippen LogP contribution >= 0.6 is 0 Å². The number of phenolic OH excluding ortho intramolecular Hbond substituents is 1. The van der Waals surface area contributed by atoms with Gasteiger partial charge in [-0.1, -0.05) is 12.5 Å². The Bertz CT molecular complexity index is 849. The molecule has 4 aliphatic rings. The van der Waals surface area contributed by atoms with E-state index in [0.717, 1.165) is 31.9 Å². The zero-order chi connectivity index (χ0) is 22.0. The number of carboxylic acid groups (broad SMARTS) is 2. The smallest absolute Gasteiger partial charge is 0.328 e. The Morgan fingerprint density at radius 3 is 2.58 bits per heavy atom. The van der Waals surface area contributed by atoms with Gasteiger partial charge in [0, 0.05) is 30.2 Å². The van der Waals surface area contributed by atoms with Crippen LogP contribution in [-0.2, 0) is 30.9 Å². The van der Waals surface area contributed by atoms with Gasteiger partial charge in [0.1, 0.15) is 12.5 Å². The van der Waals surface area contributed by atoms with E-state index in [1.165, 1.54) is 36.9 Å². The summed E-state index contributed by atoms with van der Waals surface area (Å²) < 4.78 is 11.9. The minimum absolute atomic E-state index is 0.0641. The number of aromatic hydroxyl groups is 1. The number of likely N-dealkylation sites (tertiary alicyclic amines) is 1. The third-order valence-corrected chi connectivity index (χ3v) is 7.04. The van der Waals surface area contributed by atoms with Gasteiger partial charge in [-0.2, -0.15) is 0 Å². The fourth-order valence-corrected chi connectivity index (χ4v) is 5.39. The number of aliphatic carboxylic acids is 2. The molecule has 3 N–H and O–H groups in total. The molecule has 0 amide bonds. The summed E-state index contributed by atoms with van der Waals surface area (Å²) in [5.74, 6) is -1.26. The second-order valence-electron chi connectivity index (χ2n) is 8.87. The van der Waals surface area contributed by atoms with Gasteiger partial charge < -0.3 is 24.8 Å². The number of carboxylic acids is 2. The molecule has 2 bridgehead atoms. The summed E-state index contributed by atoms with van der Waals surface area (Å²) in [6.07, 6.45) is 7.63. The number of nitrogens with zero attached hydrogens (tertiary/aromatic N) is 1. The van der Waals surface area contributed by atoms with Crippen molar-refractivity contribution >= 4 is 11.9 Å². The Morgan fingerprint density at radius 2 is 1.94 bits per heavy atom. The van der Waals surface area contributed by atoms with Crippen LogP contribution in [0.1, 0.15) is 36.8 Å². The lowest BCUT2D eigenvalue weighted by molar-refractivity contribution is -0.223. The number of hydrogen-bond donors (Lipinski definition) is 3. The van der Waals surface area contributed by atoms with Gasteiger partial charge in [0.15, 0.2) is 0 Å². The summed E-state index contributed by atoms with van der Waals surface area (Å²) in [7, 11) is 0. The normalized spacial score (nSPS) is 29.8. The Balaban J connectivity index is 0.000000250. The molecule has 2 aliphatic carbocycles. The quantitative estimate of drug-likeness (QED) is 0.621. The standard InChI is InChI=1S/C19H25NO3.C4H4O4/c21-15-5-4-14-8-17-18-19(16(14)9-15,11-22-12-23-18)6-7-20(17)10-13-2-1-3-13;5-3(6)1-2-4(7)8/h4-5,9,13,17-18,21H,1-3,6-8,10-12H2;1-2H,(H,5,6)(H,7,8)/b;2-1+/t17-,18+,19-;/m1./s1. The average molecular weight is 431 g/mol. The lowest BCUT2D eigenvalue weighted by Crippen LogP contribution is -2.67. The van der Waals surface area contributed by atoms with E-state index < -0.39 is 11.9 Å². The van der Waals surface area contributed by atoms with Gasteiger partial charge in [-0.3, -0.25) is 4.90 Å². The topological polar surface area (TPSA) is 117 Å². The molecule has 3 fully saturated rings. The van der Waals surface area contributed by atoms with Crippen molar-refractivity contribution in [2.45, 2.75) is 49.7 Å². The minimum Gasteiger partial charge on any atom is -0.508 e. The molecule has 1 saturated carbocycles. The fraction of sp³-hybridized carbons (Fsp3) is 0.565. The van der Waals surface area contributed by atoms with E-state index in [9.17, 15) is 14.7 Å². The number of phenols is 1. The van der Waals surface area contributed by atoms with E-state index >= 15 is 0 Å². The summed E-state index contributed by atoms with van der Waals surface area (Å²) in [4.78, 5) is 21.8. The Hall–Kier alpha value is -2.42. The highest BCUT2D eigenvalue weighted by molar-refractivity contribution is 5.89. The van der Waals surface area contributed by atoms with Crippen LogP contribution in [0.3, 0.4) is 0 Å². The molecule has 0 radical (unpaired) electrons. The lowest BCUT2D eigenvalue weighted by Gasteiger charge is -2.58. The van der Waals surface area contributed by atoms with Crippen molar-refractivity contribution in [1.29, 1.82) is 0 Å². The first kappa shape index (κ1) is 21.8. The van der Waals surface area contributed by atoms with Gasteiger partial charge in [-0.25, -0.2) is 9.59 Å². The number of ether oxygens (including phenoxy) is 2. The van der Waals surface area contributed by atoms with E-state index in [1.807, 2.05) is 12.1 Å². The van der Waals surface area contributed by atoms with Crippen molar-refractivity contribution in [3.05, 3.63) is 41.5 Å². The van der Waals surface area contributed by atoms with Crippen LogP contribution in [0.4, 0.5) is 0 Å². The van der Waals surface area contributed by atoms with Crippen LogP contribution in [0.2, 0.25) is 0 Å². The number of benzene rings is 1. The molecule has 0 aromatic heterocycles. The molecule has 168 valence electrons. The fourth-order valence-electron chi connectivity index (χ4n) is 5.39. The summed E-state index contributed by atoms with van der Waals surface area (Å²) >= 11 is 0. The summed E-state index contributed by atoms with van der Waals surface area (Å²) in [5.41, 5.74) is 2.57. The van der Waals surface area contributed by atoms with E-state index in [4.69, 9.17) is 19.7 Å². The Labute approximate surface area is 181 Å². The van der Waals surface area contributed by atoms with Crippen LogP contribution in [-0.4, -0.2) is 70.8 Å². The highest BCUT2D eigenvalue weighted by Crippen LogP contribution is 2.49. The van der Waals surface area contributed by atoms with E-state index in [2.05, 4.69) is 11.0 Å². The van der Waals surface area contributed by atoms with Gasteiger partial charge in [0.25, 0.3) is 0 Å². The van der Waals surface area contributed by atoms with Crippen LogP contribution in [0.25, 0.3) is 0 Å². The Morgan fingerprint density at radius 1 is 1.19 bits per heavy atom. The second kappa shape index (κ2) is 8.98. The maximum atomic E-state index is 9.99. The van der Waals surface area contributed by atoms with Gasteiger partial charge in [-0.05, 0) is 61.4 Å². The number of piperidine rings is 1. The van der Waals surface area contributed by atoms with Crippen LogP contribution in [0.15, 0.2) is 30.4 Å². The monoisotopic (exact) mass is 431 g/mol. The molecular weight excluding hydrogens is 402 g/mol. The summed E-state index contributed by atoms with van der Waals surface area (Å²) in [5, 5.41) is 25.6. The van der Waals surface area contributed by atoms with Crippen molar-refractivity contribution in [3.63, 3.8) is 0 Å². The van der Waals surface area contributed by atoms with Gasteiger partial charge in [-0.15, -0.1) is 0 Å². The lowest BCUT2D eigenvalue weighted by atomic mass is 9.61. The molecule has 1 aromatic rings. The number of hydrogen-bond acceptors (Lipinski definition) is 6. The molecule has 3 atom stereocenters. The molecule has 2 saturated heterocycles. The Kier molecular flexibility index (Phi) is 6.31. The van der Waals surface area contributed by atoms with Crippen LogP contribution in [0, 0.1) is 5.92 Å². The number of carbonyl (C=O) groups is 2. The SMILES string of the molecule is O=C(O)/C=C/C(=O)O.Oc1ccc2c(c1)[C@]13CCN(CC4CCC4)[C@H](C2)[C@@H]1OCOC3. The van der Waals surface area contributed by atoms with Crippen LogP contribution in [0.5, 0.6) is 5.75 Å². The van der Waals surface area contributed by atoms with E-state index in [1.54, 1.807) is 0 Å². The maximum Gasteiger partial charge on any atom is 0.328 e. The highest BCUT2D eigenvalue weighted by Gasteiger charge is 2.56. The molecule has 31 heavy (non-hydrogen) atoms. The minimum atomic E-state index is -1.26. The van der Waals surface area contributed by atoms with Gasteiger partial charge in [0.05, 0.1) is 12.7 Å². The summed E-state index contributed by atoms with van der Waals surface area (Å²) in [6.45, 7) is 3.49. The molecule has 0 spiro atoms. The van der Waals surface area contributed by atoms with Gasteiger partial charge >= 0.3 is 11.9 Å². The van der Waals surface area contributed by atoms with Crippen molar-refractivity contribution in [3.8, 4) is 5.75 Å². The van der Waals surface area contributed by atoms with Crippen molar-refractivity contribution in [2.24, 2.45) is 5.92 Å². The molecule has 8 heteroatoms. The molecule has 8 nitrogen and oxygen atoms in total. The molecule has 2 aliphatic heterocycles. The van der Waals surface area contributed by atoms with Gasteiger partial charge in [0.2, 0.25) is 0 Å². The molecular formula is C23H29NO7. The van der Waals surface area contributed by atoms with Crippen LogP contribution < -0.4 is 0 Å². The first-order chi connectivity index (χ1) is 14.9. The predicted octanol–water partition coefficient (Wildman–Crippen LogP) is 2.15. The second-order valence-corrected chi connectivity index (χ2v) is 8.87. The highest BCUT2D eigenvalue weighted by atomic mass is 16.7. The maximum absolute atomic E-state index is 9.99. The third-order valence-electron chi connectivity index (χ3n) is 7.04. The summed E-state index contributed by atoms with van der Waals surface area (Å²) in [6, 6.07) is 6.35. The predicted molar refractivity (Wildman–Crippen MR) is 111 cm³/mol. The van der Waals surface area contributed by atoms with Crippen molar-refractivity contribution in [2.75, 3.05) is 26.5 Å². The number of fused-ring (bicyclic) bond motifs is 1. The number of rotatable bonds is 4. The van der Waals surface area contributed by atoms with E-state index in [0.29, 0.717) is 30.7 Å². The zero-order valence-corrected chi connectivity index (χ0v) is 17.4. The van der Waals surface area contributed by atoms with Crippen molar-refractivity contribution in [1.82, 2.24) is 4.90 Å². The molecule has 1 aromatic carbocycles. The molecule has 5 rings (SSSR count).